The molecule has 0 saturated carbocycles. The van der Waals surface area contributed by atoms with Crippen molar-refractivity contribution in [2.75, 3.05) is 5.32 Å². The van der Waals surface area contributed by atoms with Gasteiger partial charge in [0.25, 0.3) is 0 Å². The number of halogens is 3. The van der Waals surface area contributed by atoms with Crippen molar-refractivity contribution in [3.05, 3.63) is 64.2 Å². The first-order valence-electron chi connectivity index (χ1n) is 7.44. The molecule has 2 aromatic rings. The highest BCUT2D eigenvalue weighted by Crippen LogP contribution is 2.29. The molecule has 0 heterocycles. The van der Waals surface area contributed by atoms with E-state index in [9.17, 15) is 23.1 Å². The first-order chi connectivity index (χ1) is 11.7. The molecular formula is C18H18F3NO2S. The summed E-state index contributed by atoms with van der Waals surface area (Å²) in [5.41, 5.74) is 4.34. The molecule has 0 saturated heterocycles. The van der Waals surface area contributed by atoms with E-state index in [4.69, 9.17) is 0 Å². The van der Waals surface area contributed by atoms with Crippen molar-refractivity contribution < 1.29 is 23.1 Å². The van der Waals surface area contributed by atoms with E-state index in [1.807, 2.05) is 13.8 Å². The van der Waals surface area contributed by atoms with Crippen molar-refractivity contribution in [3.8, 4) is 0 Å². The summed E-state index contributed by atoms with van der Waals surface area (Å²) in [7, 11) is 0. The van der Waals surface area contributed by atoms with Gasteiger partial charge in [-0.15, -0.1) is 0 Å². The number of anilines is 1. The van der Waals surface area contributed by atoms with Crippen molar-refractivity contribution in [2.45, 2.75) is 25.8 Å². The number of rotatable bonds is 5. The van der Waals surface area contributed by atoms with Crippen LogP contribution in [-0.4, -0.2) is 16.6 Å². The Bertz CT molecular complexity index is 799. The number of thiol groups is 1. The molecule has 0 spiro atoms. The first-order valence-corrected chi connectivity index (χ1v) is 8.59. The van der Waals surface area contributed by atoms with E-state index in [0.29, 0.717) is 11.4 Å². The van der Waals surface area contributed by atoms with Crippen LogP contribution in [0.1, 0.15) is 32.6 Å². The van der Waals surface area contributed by atoms with Crippen molar-refractivity contribution >= 4 is 28.5 Å². The van der Waals surface area contributed by atoms with E-state index >= 15 is 0 Å². The Morgan fingerprint density at radius 3 is 2.36 bits per heavy atom. The van der Waals surface area contributed by atoms with Gasteiger partial charge in [-0.3, -0.25) is 0 Å². The maximum Gasteiger partial charge on any atom is 0.416 e. The second kappa shape index (κ2) is 7.74. The lowest BCUT2D eigenvalue weighted by atomic mass is 10.0. The lowest BCUT2D eigenvalue weighted by Gasteiger charge is -2.12. The first kappa shape index (κ1) is 19.1. The summed E-state index contributed by atoms with van der Waals surface area (Å²) < 4.78 is 37.6. The third kappa shape index (κ3) is 4.85. The van der Waals surface area contributed by atoms with Gasteiger partial charge in [-0.25, -0.2) is 4.79 Å². The summed E-state index contributed by atoms with van der Waals surface area (Å²) in [4.78, 5) is 11.3. The number of alkyl halides is 3. The molecule has 0 aliphatic carbocycles. The van der Waals surface area contributed by atoms with Crippen molar-refractivity contribution in [2.24, 2.45) is 0 Å². The average molecular weight is 369 g/mol. The Kier molecular flexibility index (Phi) is 5.89. The highest BCUT2D eigenvalue weighted by molar-refractivity contribution is 7.96. The third-order valence-electron chi connectivity index (χ3n) is 3.82. The highest BCUT2D eigenvalue weighted by atomic mass is 32.1. The quantitative estimate of drug-likeness (QED) is 0.521. The number of carboxylic acid groups (broad SMARTS) is 1. The second-order valence-electron chi connectivity index (χ2n) is 5.54. The van der Waals surface area contributed by atoms with Gasteiger partial charge in [0.05, 0.1) is 16.8 Å². The number of aromatic carboxylic acids is 1. The Morgan fingerprint density at radius 1 is 1.16 bits per heavy atom. The topological polar surface area (TPSA) is 49.3 Å². The molecule has 0 unspecified atom stereocenters. The minimum atomic E-state index is -4.33. The average Bonchev–Trinajstić information content (AvgIpc) is 2.54. The van der Waals surface area contributed by atoms with Crippen molar-refractivity contribution in [1.29, 1.82) is 0 Å². The summed E-state index contributed by atoms with van der Waals surface area (Å²) in [6.45, 7) is 3.73. The number of aryl methyl sites for hydroxylation is 1. The minimum absolute atomic E-state index is 0.184. The van der Waals surface area contributed by atoms with Crippen LogP contribution in [0, 0.1) is 13.8 Å². The fourth-order valence-electron chi connectivity index (χ4n) is 2.24. The summed E-state index contributed by atoms with van der Waals surface area (Å²) >= 11 is 0.815. The Balaban J connectivity index is 2.07. The van der Waals surface area contributed by atoms with Crippen molar-refractivity contribution in [3.63, 3.8) is 0 Å². The summed E-state index contributed by atoms with van der Waals surface area (Å²) in [5.74, 6) is -0.489. The molecule has 25 heavy (non-hydrogen) atoms. The fourth-order valence-corrected chi connectivity index (χ4v) is 2.97. The molecule has 2 rings (SSSR count). The number of carbonyl (C=O) groups is 1. The highest BCUT2D eigenvalue weighted by Gasteiger charge is 2.29. The van der Waals surface area contributed by atoms with Crippen LogP contribution in [0.5, 0.6) is 0 Å². The maximum atomic E-state index is 12.5. The van der Waals surface area contributed by atoms with Gasteiger partial charge in [0, 0.05) is 11.2 Å². The van der Waals surface area contributed by atoms with Gasteiger partial charge < -0.3 is 10.4 Å². The molecular weight excluding hydrogens is 351 g/mol. The van der Waals surface area contributed by atoms with E-state index in [1.165, 1.54) is 12.1 Å². The van der Waals surface area contributed by atoms with E-state index in [2.05, 4.69) is 5.32 Å². The van der Waals surface area contributed by atoms with Crippen LogP contribution >= 0.6 is 11.4 Å². The standard InChI is InChI=1S/C18H18F3NO2S/c1-11-3-8-15(17(23)24)16(12(11)2)22-10-25-9-13-4-6-14(7-5-13)18(19,20)21/h3-8,10,22,25H,9H2,1-2H3,(H,23,24). The molecule has 0 aliphatic heterocycles. The molecule has 134 valence electrons. The Hall–Kier alpha value is -2.28. The van der Waals surface area contributed by atoms with E-state index < -0.39 is 17.7 Å². The van der Waals surface area contributed by atoms with Crippen LogP contribution < -0.4 is 5.32 Å². The monoisotopic (exact) mass is 369 g/mol. The van der Waals surface area contributed by atoms with Crippen LogP contribution in [0.3, 0.4) is 0 Å². The second-order valence-corrected chi connectivity index (χ2v) is 6.48. The van der Waals surface area contributed by atoms with Crippen LogP contribution in [0.2, 0.25) is 0 Å². The molecule has 2 aromatic carbocycles. The van der Waals surface area contributed by atoms with Gasteiger partial charge in [-0.2, -0.15) is 24.5 Å². The van der Waals surface area contributed by atoms with E-state index in [0.717, 1.165) is 40.2 Å². The Morgan fingerprint density at radius 2 is 1.80 bits per heavy atom. The van der Waals surface area contributed by atoms with Gasteiger partial charge >= 0.3 is 12.1 Å². The lowest BCUT2D eigenvalue weighted by Crippen LogP contribution is -2.07. The normalized spacial score (nSPS) is 12.0. The SMILES string of the molecule is Cc1ccc(C(=O)O)c(NC=[SH]Cc2ccc(C(F)(F)F)cc2)c1C. The number of nitrogens with one attached hydrogen (secondary N) is 1. The third-order valence-corrected chi connectivity index (χ3v) is 4.68. The molecule has 3 nitrogen and oxygen atoms in total. The molecule has 0 aromatic heterocycles. The van der Waals surface area contributed by atoms with E-state index in [1.54, 1.807) is 17.6 Å². The largest absolute Gasteiger partial charge is 0.478 e. The van der Waals surface area contributed by atoms with Crippen LogP contribution in [0.15, 0.2) is 36.4 Å². The number of carboxylic acids is 1. The predicted molar refractivity (Wildman–Crippen MR) is 96.7 cm³/mol. The summed E-state index contributed by atoms with van der Waals surface area (Å²) in [6, 6.07) is 8.32. The van der Waals surface area contributed by atoms with Gasteiger partial charge in [-0.05, 0) is 48.7 Å². The molecule has 2 N–H and O–H groups in total. The lowest BCUT2D eigenvalue weighted by molar-refractivity contribution is -0.137. The molecule has 7 heteroatoms. The van der Waals surface area contributed by atoms with Gasteiger partial charge in [-0.1, -0.05) is 18.2 Å². The zero-order valence-corrected chi connectivity index (χ0v) is 14.6. The number of hydrogen-bond acceptors (Lipinski definition) is 1. The number of hydrogen-bond donors (Lipinski definition) is 3. The van der Waals surface area contributed by atoms with E-state index in [-0.39, 0.29) is 5.56 Å². The molecule has 0 aliphatic rings. The number of benzene rings is 2. The predicted octanol–water partition coefficient (Wildman–Crippen LogP) is 4.86. The van der Waals surface area contributed by atoms with Crippen LogP contribution in [0.25, 0.3) is 0 Å². The summed E-state index contributed by atoms with van der Waals surface area (Å²) in [5, 5.41) is 12.3. The fraction of sp³-hybridized carbons (Fsp3) is 0.222. The molecule has 0 fully saturated rings. The van der Waals surface area contributed by atoms with Gasteiger partial charge in [0.2, 0.25) is 0 Å². The summed E-state index contributed by atoms with van der Waals surface area (Å²) in [6.07, 6.45) is -4.33. The molecule has 0 atom stereocenters. The smallest absolute Gasteiger partial charge is 0.416 e. The zero-order chi connectivity index (χ0) is 18.6. The molecule has 0 radical (unpaired) electrons. The van der Waals surface area contributed by atoms with Gasteiger partial charge in [0.1, 0.15) is 0 Å². The van der Waals surface area contributed by atoms with Crippen molar-refractivity contribution in [1.82, 2.24) is 0 Å². The molecule has 0 bridgehead atoms. The molecule has 0 amide bonds. The zero-order valence-electron chi connectivity index (χ0n) is 13.7. The van der Waals surface area contributed by atoms with Gasteiger partial charge in [0.15, 0.2) is 0 Å². The van der Waals surface area contributed by atoms with Crippen LogP contribution in [0.4, 0.5) is 18.9 Å². The Labute approximate surface area is 147 Å². The maximum absolute atomic E-state index is 12.5. The van der Waals surface area contributed by atoms with Crippen LogP contribution in [-0.2, 0) is 11.9 Å². The minimum Gasteiger partial charge on any atom is -0.478 e.